The number of carbonyl (C=O) groups excluding carboxylic acids is 1. The molecule has 0 radical (unpaired) electrons. The van der Waals surface area contributed by atoms with E-state index in [1.807, 2.05) is 0 Å². The third kappa shape index (κ3) is 50.3. The summed E-state index contributed by atoms with van der Waals surface area (Å²) in [5.41, 5.74) is 0. The Morgan fingerprint density at radius 2 is 0.525 bits per heavy atom. The number of unbranched alkanes of at least 4 members (excludes halogenated alkanes) is 47. The van der Waals surface area contributed by atoms with Crippen molar-refractivity contribution >= 4 is 5.91 Å². The fourth-order valence-electron chi connectivity index (χ4n) is 9.48. The number of rotatable bonds is 54. The van der Waals surface area contributed by atoms with Gasteiger partial charge in [-0.2, -0.15) is 0 Å². The zero-order valence-electron chi connectivity index (χ0n) is 42.2. The van der Waals surface area contributed by atoms with Crippen molar-refractivity contribution in [1.82, 2.24) is 5.32 Å². The molecule has 1 amide bonds. The second-order valence-corrected chi connectivity index (χ2v) is 20.1. The van der Waals surface area contributed by atoms with Gasteiger partial charge < -0.3 is 15.5 Å². The normalized spacial score (nSPS) is 12.7. The summed E-state index contributed by atoms with van der Waals surface area (Å²) in [5, 5.41) is 23.4. The lowest BCUT2D eigenvalue weighted by Gasteiger charge is -2.22. The number of hydrogen-bond donors (Lipinski definition) is 3. The lowest BCUT2D eigenvalue weighted by molar-refractivity contribution is -0.123. The zero-order chi connectivity index (χ0) is 44.2. The number of amides is 1. The van der Waals surface area contributed by atoms with Gasteiger partial charge in [0.05, 0.1) is 18.8 Å². The number of aliphatic hydroxyl groups is 2. The van der Waals surface area contributed by atoms with E-state index in [0.29, 0.717) is 12.8 Å². The maximum atomic E-state index is 12.5. The van der Waals surface area contributed by atoms with Crippen molar-refractivity contribution < 1.29 is 15.0 Å². The maximum Gasteiger partial charge on any atom is 0.220 e. The van der Waals surface area contributed by atoms with E-state index < -0.39 is 12.1 Å². The molecule has 0 bridgehead atoms. The summed E-state index contributed by atoms with van der Waals surface area (Å²) in [7, 11) is 0. The molecule has 61 heavy (non-hydrogen) atoms. The van der Waals surface area contributed by atoms with Crippen LogP contribution in [0, 0.1) is 0 Å². The lowest BCUT2D eigenvalue weighted by Crippen LogP contribution is -2.45. The predicted octanol–water partition coefficient (Wildman–Crippen LogP) is 18.8. The van der Waals surface area contributed by atoms with Crippen LogP contribution in [0.5, 0.6) is 0 Å². The Labute approximate surface area is 384 Å². The predicted molar refractivity (Wildman–Crippen MR) is 272 cm³/mol. The zero-order valence-corrected chi connectivity index (χ0v) is 42.2. The van der Waals surface area contributed by atoms with Crippen LogP contribution in [0.25, 0.3) is 0 Å². The first-order chi connectivity index (χ1) is 30.2. The Balaban J connectivity index is 3.40. The fourth-order valence-corrected chi connectivity index (χ4v) is 9.48. The summed E-state index contributed by atoms with van der Waals surface area (Å²) in [5.74, 6) is -0.0215. The van der Waals surface area contributed by atoms with E-state index in [0.717, 1.165) is 25.7 Å². The fraction of sp³-hybridized carbons (Fsp3) is 0.982. The molecule has 3 N–H and O–H groups in total. The van der Waals surface area contributed by atoms with Crippen LogP contribution < -0.4 is 5.32 Å². The van der Waals surface area contributed by atoms with E-state index in [4.69, 9.17) is 0 Å². The molecule has 0 saturated heterocycles. The van der Waals surface area contributed by atoms with Crippen molar-refractivity contribution in [2.24, 2.45) is 0 Å². The Morgan fingerprint density at radius 3 is 0.738 bits per heavy atom. The average molecular weight is 863 g/mol. The molecule has 0 aromatic carbocycles. The highest BCUT2D eigenvalue weighted by molar-refractivity contribution is 5.76. The van der Waals surface area contributed by atoms with E-state index in [1.54, 1.807) is 0 Å². The van der Waals surface area contributed by atoms with E-state index >= 15 is 0 Å². The van der Waals surface area contributed by atoms with Gasteiger partial charge in [0.2, 0.25) is 5.91 Å². The van der Waals surface area contributed by atoms with Gasteiger partial charge in [-0.25, -0.2) is 0 Å². The van der Waals surface area contributed by atoms with E-state index in [2.05, 4.69) is 19.2 Å². The molecule has 0 rings (SSSR count). The van der Waals surface area contributed by atoms with Crippen LogP contribution in [0.2, 0.25) is 0 Å². The lowest BCUT2D eigenvalue weighted by atomic mass is 10.0. The maximum absolute atomic E-state index is 12.5. The number of aliphatic hydroxyl groups excluding tert-OH is 2. The van der Waals surface area contributed by atoms with Crippen molar-refractivity contribution in [2.75, 3.05) is 6.61 Å². The largest absolute Gasteiger partial charge is 0.394 e. The van der Waals surface area contributed by atoms with Crippen molar-refractivity contribution in [3.05, 3.63) is 0 Å². The van der Waals surface area contributed by atoms with E-state index in [1.165, 1.54) is 289 Å². The topological polar surface area (TPSA) is 69.6 Å². The summed E-state index contributed by atoms with van der Waals surface area (Å²) in [6.07, 6.45) is 68.1. The average Bonchev–Trinajstić information content (AvgIpc) is 3.26. The molecule has 0 aliphatic heterocycles. The molecular formula is C57H115NO3. The van der Waals surface area contributed by atoms with Gasteiger partial charge in [-0.3, -0.25) is 4.79 Å². The quantitative estimate of drug-likeness (QED) is 0.0534. The van der Waals surface area contributed by atoms with E-state index in [9.17, 15) is 15.0 Å². The van der Waals surface area contributed by atoms with Gasteiger partial charge in [0.15, 0.2) is 0 Å². The highest BCUT2D eigenvalue weighted by Crippen LogP contribution is 2.19. The Morgan fingerprint density at radius 1 is 0.328 bits per heavy atom. The second-order valence-electron chi connectivity index (χ2n) is 20.1. The summed E-state index contributed by atoms with van der Waals surface area (Å²) in [6, 6.07) is -0.531. The van der Waals surface area contributed by atoms with Crippen LogP contribution in [0.3, 0.4) is 0 Å². The SMILES string of the molecule is CCCCCCCCCCCCCCCCCCCCCCCCCCCC(=O)NC(CO)C(O)CCCCCCCCCCCCCCCCCCCCCCCCCC. The first kappa shape index (κ1) is 60.4. The van der Waals surface area contributed by atoms with Gasteiger partial charge in [0.1, 0.15) is 0 Å². The van der Waals surface area contributed by atoms with Gasteiger partial charge in [-0.05, 0) is 12.8 Å². The molecule has 4 heteroatoms. The van der Waals surface area contributed by atoms with Gasteiger partial charge in [0.25, 0.3) is 0 Å². The van der Waals surface area contributed by atoms with Gasteiger partial charge in [-0.1, -0.05) is 322 Å². The van der Waals surface area contributed by atoms with Crippen LogP contribution in [-0.4, -0.2) is 34.9 Å². The molecule has 4 nitrogen and oxygen atoms in total. The molecule has 0 aliphatic rings. The smallest absolute Gasteiger partial charge is 0.220 e. The summed E-state index contributed by atoms with van der Waals surface area (Å²) in [6.45, 7) is 4.41. The van der Waals surface area contributed by atoms with Crippen molar-refractivity contribution in [3.8, 4) is 0 Å². The molecule has 0 saturated carbocycles. The van der Waals surface area contributed by atoms with E-state index in [-0.39, 0.29) is 12.5 Å². The van der Waals surface area contributed by atoms with Crippen LogP contribution in [0.4, 0.5) is 0 Å². The molecule has 0 fully saturated rings. The van der Waals surface area contributed by atoms with Gasteiger partial charge >= 0.3 is 0 Å². The Bertz CT molecular complexity index is 803. The van der Waals surface area contributed by atoms with Crippen molar-refractivity contribution in [3.63, 3.8) is 0 Å². The summed E-state index contributed by atoms with van der Waals surface area (Å²) < 4.78 is 0. The number of nitrogens with one attached hydrogen (secondary N) is 1. The minimum Gasteiger partial charge on any atom is -0.394 e. The van der Waals surface area contributed by atoms with Crippen LogP contribution in [0.1, 0.15) is 341 Å². The first-order valence-electron chi connectivity index (χ1n) is 28.7. The standard InChI is InChI=1S/C57H115NO3/c1-3-5-7-9-11-13-15-17-19-21-23-25-27-29-31-33-35-37-39-41-43-45-47-49-51-53-57(61)58-55(54-59)56(60)52-50-48-46-44-42-40-38-36-34-32-30-28-26-24-22-20-18-16-14-12-10-8-6-4-2/h55-56,59-60H,3-54H2,1-2H3,(H,58,61). The molecule has 0 aromatic rings. The van der Waals surface area contributed by atoms with Gasteiger partial charge in [-0.15, -0.1) is 0 Å². The number of hydrogen-bond acceptors (Lipinski definition) is 3. The van der Waals surface area contributed by atoms with Gasteiger partial charge in [0, 0.05) is 6.42 Å². The highest BCUT2D eigenvalue weighted by Gasteiger charge is 2.20. The van der Waals surface area contributed by atoms with Crippen LogP contribution >= 0.6 is 0 Å². The summed E-state index contributed by atoms with van der Waals surface area (Å²) in [4.78, 5) is 12.5. The summed E-state index contributed by atoms with van der Waals surface area (Å²) >= 11 is 0. The first-order valence-corrected chi connectivity index (χ1v) is 28.7. The molecule has 0 aromatic heterocycles. The molecule has 2 unspecified atom stereocenters. The van der Waals surface area contributed by atoms with Crippen molar-refractivity contribution in [2.45, 2.75) is 353 Å². The minimum atomic E-state index is -0.655. The monoisotopic (exact) mass is 862 g/mol. The molecule has 366 valence electrons. The molecule has 0 aliphatic carbocycles. The molecule has 0 spiro atoms. The highest BCUT2D eigenvalue weighted by atomic mass is 16.3. The third-order valence-electron chi connectivity index (χ3n) is 13.9. The molecular weight excluding hydrogens is 747 g/mol. The van der Waals surface area contributed by atoms with Crippen LogP contribution in [-0.2, 0) is 4.79 Å². The van der Waals surface area contributed by atoms with Crippen molar-refractivity contribution in [1.29, 1.82) is 0 Å². The van der Waals surface area contributed by atoms with Crippen LogP contribution in [0.15, 0.2) is 0 Å². The molecule has 2 atom stereocenters. The third-order valence-corrected chi connectivity index (χ3v) is 13.9. The second kappa shape index (κ2) is 53.7. The number of carbonyl (C=O) groups is 1. The molecule has 0 heterocycles. The Kier molecular flexibility index (Phi) is 53.2. The Hall–Kier alpha value is -0.610. The minimum absolute atomic E-state index is 0.0215.